The van der Waals surface area contributed by atoms with Crippen LogP contribution >= 0.6 is 0 Å². The average Bonchev–Trinajstić information content (AvgIpc) is 2.98. The number of benzene rings is 1. The Balaban J connectivity index is 1.84. The zero-order valence-corrected chi connectivity index (χ0v) is 13.0. The Kier molecular flexibility index (Phi) is 4.38. The van der Waals surface area contributed by atoms with Crippen molar-refractivity contribution in [1.82, 2.24) is 9.97 Å². The van der Waals surface area contributed by atoms with E-state index in [4.69, 9.17) is 4.74 Å². The topological polar surface area (TPSA) is 50.3 Å². The summed E-state index contributed by atoms with van der Waals surface area (Å²) in [6.45, 7) is 0.541. The van der Waals surface area contributed by atoms with E-state index in [9.17, 15) is 8.78 Å². The Morgan fingerprint density at radius 3 is 2.70 bits per heavy atom. The molecule has 122 valence electrons. The molecule has 2 atom stereocenters. The van der Waals surface area contributed by atoms with Crippen molar-refractivity contribution in [2.75, 3.05) is 30.9 Å². The van der Waals surface area contributed by atoms with Gasteiger partial charge in [-0.05, 0) is 24.1 Å². The van der Waals surface area contributed by atoms with Crippen molar-refractivity contribution >= 4 is 11.6 Å². The first-order chi connectivity index (χ1) is 11.1. The van der Waals surface area contributed by atoms with Crippen LogP contribution < -0.4 is 10.2 Å². The third kappa shape index (κ3) is 3.24. The maximum absolute atomic E-state index is 13.5. The Morgan fingerprint density at radius 1 is 1.17 bits per heavy atom. The molecule has 7 heteroatoms. The van der Waals surface area contributed by atoms with Crippen LogP contribution in [0.1, 0.15) is 18.1 Å². The van der Waals surface area contributed by atoms with Crippen molar-refractivity contribution < 1.29 is 13.5 Å². The van der Waals surface area contributed by atoms with Crippen molar-refractivity contribution in [2.45, 2.75) is 18.6 Å². The number of hydrogen-bond donors (Lipinski definition) is 1. The summed E-state index contributed by atoms with van der Waals surface area (Å²) < 4.78 is 32.3. The average molecular weight is 320 g/mol. The highest BCUT2D eigenvalue weighted by molar-refractivity contribution is 5.60. The molecule has 1 aromatic heterocycles. The van der Waals surface area contributed by atoms with E-state index in [1.165, 1.54) is 6.07 Å². The van der Waals surface area contributed by atoms with E-state index in [0.717, 1.165) is 12.5 Å². The first kappa shape index (κ1) is 15.6. The van der Waals surface area contributed by atoms with Gasteiger partial charge in [0.15, 0.2) is 23.3 Å². The monoisotopic (exact) mass is 320 g/mol. The summed E-state index contributed by atoms with van der Waals surface area (Å²) in [5.74, 6) is -0.380. The molecule has 1 aromatic carbocycles. The molecule has 1 fully saturated rings. The zero-order valence-electron chi connectivity index (χ0n) is 13.0. The van der Waals surface area contributed by atoms with E-state index in [-0.39, 0.29) is 12.1 Å². The van der Waals surface area contributed by atoms with Gasteiger partial charge in [-0.1, -0.05) is 6.07 Å². The second-order valence-electron chi connectivity index (χ2n) is 5.63. The minimum Gasteiger partial charge on any atom is -0.371 e. The number of halogens is 2. The van der Waals surface area contributed by atoms with Crippen molar-refractivity contribution in [3.05, 3.63) is 47.8 Å². The lowest BCUT2D eigenvalue weighted by molar-refractivity contribution is 0.107. The summed E-state index contributed by atoms with van der Waals surface area (Å²) in [6, 6.07) is 3.77. The van der Waals surface area contributed by atoms with Crippen molar-refractivity contribution in [3.63, 3.8) is 0 Å². The largest absolute Gasteiger partial charge is 0.371 e. The van der Waals surface area contributed by atoms with Crippen LogP contribution in [0.25, 0.3) is 0 Å². The SMILES string of the molecule is CN(C)c1nccnc1NC1CCOC1c1ccc(F)c(F)c1. The summed E-state index contributed by atoms with van der Waals surface area (Å²) in [7, 11) is 3.76. The highest BCUT2D eigenvalue weighted by Gasteiger charge is 2.31. The molecule has 0 aliphatic carbocycles. The molecule has 1 aliphatic heterocycles. The van der Waals surface area contributed by atoms with Crippen molar-refractivity contribution in [1.29, 1.82) is 0 Å². The number of aromatic nitrogens is 2. The van der Waals surface area contributed by atoms with Gasteiger partial charge in [0.05, 0.1) is 6.04 Å². The number of rotatable bonds is 4. The van der Waals surface area contributed by atoms with Crippen LogP contribution in [0.2, 0.25) is 0 Å². The van der Waals surface area contributed by atoms with E-state index in [1.807, 2.05) is 19.0 Å². The van der Waals surface area contributed by atoms with Crippen LogP contribution in [0.5, 0.6) is 0 Å². The highest BCUT2D eigenvalue weighted by Crippen LogP contribution is 2.33. The number of hydrogen-bond acceptors (Lipinski definition) is 5. The van der Waals surface area contributed by atoms with Crippen LogP contribution in [0, 0.1) is 11.6 Å². The molecule has 3 rings (SSSR count). The number of anilines is 2. The Morgan fingerprint density at radius 2 is 1.96 bits per heavy atom. The lowest BCUT2D eigenvalue weighted by atomic mass is 10.0. The lowest BCUT2D eigenvalue weighted by Gasteiger charge is -2.23. The molecule has 2 heterocycles. The molecule has 2 aromatic rings. The van der Waals surface area contributed by atoms with E-state index in [0.29, 0.717) is 23.8 Å². The van der Waals surface area contributed by atoms with Gasteiger partial charge in [-0.2, -0.15) is 0 Å². The van der Waals surface area contributed by atoms with Gasteiger partial charge in [0.1, 0.15) is 6.10 Å². The molecule has 0 saturated carbocycles. The highest BCUT2D eigenvalue weighted by atomic mass is 19.2. The Labute approximate surface area is 133 Å². The maximum Gasteiger partial charge on any atom is 0.171 e. The van der Waals surface area contributed by atoms with Gasteiger partial charge in [0, 0.05) is 33.1 Å². The summed E-state index contributed by atoms with van der Waals surface area (Å²) in [5.41, 5.74) is 0.606. The second kappa shape index (κ2) is 6.45. The fourth-order valence-corrected chi connectivity index (χ4v) is 2.69. The molecule has 1 N–H and O–H groups in total. The van der Waals surface area contributed by atoms with E-state index < -0.39 is 11.6 Å². The van der Waals surface area contributed by atoms with Crippen LogP contribution in [-0.2, 0) is 4.74 Å². The second-order valence-corrected chi connectivity index (χ2v) is 5.63. The maximum atomic E-state index is 13.5. The van der Waals surface area contributed by atoms with Gasteiger partial charge in [-0.3, -0.25) is 0 Å². The predicted octanol–water partition coefficient (Wildman–Crippen LogP) is 2.76. The molecule has 0 spiro atoms. The third-order valence-electron chi connectivity index (χ3n) is 3.79. The predicted molar refractivity (Wildman–Crippen MR) is 83.4 cm³/mol. The summed E-state index contributed by atoms with van der Waals surface area (Å²) >= 11 is 0. The molecular weight excluding hydrogens is 302 g/mol. The zero-order chi connectivity index (χ0) is 16.4. The summed E-state index contributed by atoms with van der Waals surface area (Å²) in [4.78, 5) is 10.5. The van der Waals surface area contributed by atoms with Gasteiger partial charge < -0.3 is 15.0 Å². The standard InChI is InChI=1S/C16H18F2N4O/c1-22(2)16-15(19-6-7-20-16)21-13-5-8-23-14(13)10-3-4-11(17)12(18)9-10/h3-4,6-7,9,13-14H,5,8H2,1-2H3,(H,19,21). The molecule has 0 bridgehead atoms. The molecule has 1 saturated heterocycles. The van der Waals surface area contributed by atoms with Gasteiger partial charge in [-0.25, -0.2) is 18.7 Å². The number of nitrogens with zero attached hydrogens (tertiary/aromatic N) is 3. The Bertz CT molecular complexity index is 696. The normalized spacial score (nSPS) is 20.5. The third-order valence-corrected chi connectivity index (χ3v) is 3.79. The molecular formula is C16H18F2N4O. The molecule has 2 unspecified atom stereocenters. The van der Waals surface area contributed by atoms with Crippen molar-refractivity contribution in [3.8, 4) is 0 Å². The van der Waals surface area contributed by atoms with Crippen LogP contribution in [0.3, 0.4) is 0 Å². The van der Waals surface area contributed by atoms with Gasteiger partial charge in [0.25, 0.3) is 0 Å². The molecule has 23 heavy (non-hydrogen) atoms. The van der Waals surface area contributed by atoms with Crippen LogP contribution in [0.4, 0.5) is 20.4 Å². The minimum absolute atomic E-state index is 0.0877. The van der Waals surface area contributed by atoms with E-state index in [1.54, 1.807) is 18.5 Å². The lowest BCUT2D eigenvalue weighted by Crippen LogP contribution is -2.26. The van der Waals surface area contributed by atoms with E-state index >= 15 is 0 Å². The smallest absolute Gasteiger partial charge is 0.171 e. The van der Waals surface area contributed by atoms with Gasteiger partial charge >= 0.3 is 0 Å². The molecule has 1 aliphatic rings. The van der Waals surface area contributed by atoms with Gasteiger partial charge in [-0.15, -0.1) is 0 Å². The number of nitrogens with one attached hydrogen (secondary N) is 1. The van der Waals surface area contributed by atoms with Crippen molar-refractivity contribution in [2.24, 2.45) is 0 Å². The van der Waals surface area contributed by atoms with Crippen LogP contribution in [0.15, 0.2) is 30.6 Å². The minimum atomic E-state index is -0.870. The molecule has 0 radical (unpaired) electrons. The van der Waals surface area contributed by atoms with Gasteiger partial charge in [0.2, 0.25) is 0 Å². The first-order valence-corrected chi connectivity index (χ1v) is 7.37. The molecule has 0 amide bonds. The number of ether oxygens (including phenoxy) is 1. The first-order valence-electron chi connectivity index (χ1n) is 7.37. The fraction of sp³-hybridized carbons (Fsp3) is 0.375. The Hall–Kier alpha value is -2.28. The molecule has 5 nitrogen and oxygen atoms in total. The van der Waals surface area contributed by atoms with Crippen LogP contribution in [-0.4, -0.2) is 36.7 Å². The summed E-state index contributed by atoms with van der Waals surface area (Å²) in [5, 5.41) is 3.32. The quantitative estimate of drug-likeness (QED) is 0.939. The summed E-state index contributed by atoms with van der Waals surface area (Å²) in [6.07, 6.45) is 3.62. The fourth-order valence-electron chi connectivity index (χ4n) is 2.69. The van der Waals surface area contributed by atoms with E-state index in [2.05, 4.69) is 15.3 Å².